The van der Waals surface area contributed by atoms with Gasteiger partial charge in [0, 0.05) is 26.4 Å². The average Bonchev–Trinajstić information content (AvgIpc) is 2.64. The molecule has 2 rings (SSSR count). The van der Waals surface area contributed by atoms with Gasteiger partial charge in [0.2, 0.25) is 0 Å². The highest BCUT2D eigenvalue weighted by molar-refractivity contribution is 4.83. The molecular formula is C18H33NO6. The van der Waals surface area contributed by atoms with Gasteiger partial charge in [0.15, 0.2) is 0 Å². The first-order chi connectivity index (χ1) is 12.2. The minimum Gasteiger partial charge on any atom is -0.393 e. The molecule has 4 atom stereocenters. The highest BCUT2D eigenvalue weighted by atomic mass is 17.0. The number of aliphatic hydroxyl groups is 1. The maximum Gasteiger partial charge on any atom is 0.294 e. The van der Waals surface area contributed by atoms with Crippen molar-refractivity contribution in [2.24, 2.45) is 11.8 Å². The largest absolute Gasteiger partial charge is 0.393 e. The molecule has 0 aromatic rings. The summed E-state index contributed by atoms with van der Waals surface area (Å²) in [6.07, 6.45) is 7.40. The molecule has 25 heavy (non-hydrogen) atoms. The third kappa shape index (κ3) is 7.46. The van der Waals surface area contributed by atoms with Crippen molar-refractivity contribution in [1.82, 2.24) is 0 Å². The van der Waals surface area contributed by atoms with E-state index in [0.717, 1.165) is 64.4 Å². The van der Waals surface area contributed by atoms with Crippen LogP contribution in [0.1, 0.15) is 64.2 Å². The smallest absolute Gasteiger partial charge is 0.294 e. The molecule has 146 valence electrons. The molecule has 0 spiro atoms. The summed E-state index contributed by atoms with van der Waals surface area (Å²) in [6.45, 7) is 2.79. The fraction of sp³-hybridized carbons (Fsp3) is 1.00. The Bertz CT molecular complexity index is 381. The molecule has 7 nitrogen and oxygen atoms in total. The highest BCUT2D eigenvalue weighted by Crippen LogP contribution is 2.35. The molecule has 0 aromatic carbocycles. The monoisotopic (exact) mass is 359 g/mol. The van der Waals surface area contributed by atoms with Crippen LogP contribution in [0.3, 0.4) is 0 Å². The van der Waals surface area contributed by atoms with Gasteiger partial charge in [-0.25, -0.2) is 0 Å². The lowest BCUT2D eigenvalue weighted by molar-refractivity contribution is -0.771. The van der Waals surface area contributed by atoms with Crippen molar-refractivity contribution in [1.29, 1.82) is 0 Å². The zero-order valence-electron chi connectivity index (χ0n) is 15.1. The van der Waals surface area contributed by atoms with Crippen molar-refractivity contribution in [3.05, 3.63) is 10.1 Å². The van der Waals surface area contributed by atoms with Crippen LogP contribution in [-0.4, -0.2) is 48.8 Å². The van der Waals surface area contributed by atoms with Crippen molar-refractivity contribution >= 4 is 0 Å². The van der Waals surface area contributed by atoms with E-state index in [1.807, 2.05) is 0 Å². The third-order valence-corrected chi connectivity index (χ3v) is 5.46. The number of nitrogens with zero attached hydrogens (tertiary/aromatic N) is 1. The molecule has 2 aliphatic heterocycles. The second kappa shape index (κ2) is 11.6. The molecule has 0 aromatic heterocycles. The summed E-state index contributed by atoms with van der Waals surface area (Å²) in [5.41, 5.74) is 0. The average molecular weight is 359 g/mol. The minimum absolute atomic E-state index is 0.0137. The summed E-state index contributed by atoms with van der Waals surface area (Å²) >= 11 is 0. The maximum atomic E-state index is 11.0. The Morgan fingerprint density at radius 1 is 0.800 bits per heavy atom. The zero-order chi connectivity index (χ0) is 17.9. The normalized spacial score (nSPS) is 34.0. The van der Waals surface area contributed by atoms with Crippen molar-refractivity contribution in [3.63, 3.8) is 0 Å². The van der Waals surface area contributed by atoms with E-state index in [1.54, 1.807) is 0 Å². The number of hydrogen-bond donors (Lipinski definition) is 1. The van der Waals surface area contributed by atoms with Gasteiger partial charge in [-0.1, -0.05) is 0 Å². The zero-order valence-corrected chi connectivity index (χ0v) is 15.1. The molecule has 0 radical (unpaired) electrons. The van der Waals surface area contributed by atoms with Gasteiger partial charge in [-0.3, -0.25) is 0 Å². The molecule has 0 aliphatic carbocycles. The summed E-state index contributed by atoms with van der Waals surface area (Å²) in [5.74, 6) is 0.00458. The minimum atomic E-state index is -0.661. The van der Waals surface area contributed by atoms with Gasteiger partial charge in [0.05, 0.1) is 6.10 Å². The Morgan fingerprint density at radius 2 is 1.36 bits per heavy atom. The van der Waals surface area contributed by atoms with Crippen LogP contribution in [0, 0.1) is 22.0 Å². The Morgan fingerprint density at radius 3 is 2.00 bits per heavy atom. The van der Waals surface area contributed by atoms with Gasteiger partial charge in [0.25, 0.3) is 5.09 Å². The van der Waals surface area contributed by atoms with Crippen molar-refractivity contribution in [2.45, 2.75) is 76.4 Å². The van der Waals surface area contributed by atoms with E-state index in [1.165, 1.54) is 0 Å². The molecule has 0 bridgehead atoms. The summed E-state index contributed by atoms with van der Waals surface area (Å²) in [4.78, 5) is 16.2. The molecular weight excluding hydrogens is 326 g/mol. The lowest BCUT2D eigenvalue weighted by Crippen LogP contribution is -2.38. The number of ether oxygens (including phenoxy) is 2. The summed E-state index contributed by atoms with van der Waals surface area (Å²) in [7, 11) is 0. The molecule has 7 heteroatoms. The number of aliphatic hydroxyl groups excluding tert-OH is 1. The van der Waals surface area contributed by atoms with E-state index in [4.69, 9.17) is 14.3 Å². The van der Waals surface area contributed by atoms with E-state index in [2.05, 4.69) is 0 Å². The fourth-order valence-electron chi connectivity index (χ4n) is 4.19. The molecule has 2 fully saturated rings. The Labute approximate surface area is 150 Å². The maximum absolute atomic E-state index is 11.0. The number of rotatable bonds is 2. The predicted octanol–water partition coefficient (Wildman–Crippen LogP) is 3.12. The lowest BCUT2D eigenvalue weighted by Gasteiger charge is -2.35. The van der Waals surface area contributed by atoms with Crippen LogP contribution in [0.5, 0.6) is 0 Å². The second-order valence-corrected chi connectivity index (χ2v) is 7.26. The molecule has 2 aliphatic rings. The molecule has 2 saturated heterocycles. The standard InChI is InChI=1S/C18H33NO6/c20-17-9-1-3-11-23-14-6-8-16-15(17)7-5-13-24-12-4-2-10-18(16)25-19(21)22/h15-18,20H,1-14H2. The van der Waals surface area contributed by atoms with Crippen LogP contribution in [0.15, 0.2) is 0 Å². The van der Waals surface area contributed by atoms with Crippen LogP contribution < -0.4 is 0 Å². The second-order valence-electron chi connectivity index (χ2n) is 7.26. The van der Waals surface area contributed by atoms with E-state index < -0.39 is 17.3 Å². The molecule has 2 heterocycles. The Balaban J connectivity index is 2.18. The van der Waals surface area contributed by atoms with Crippen LogP contribution in [-0.2, 0) is 14.3 Å². The predicted molar refractivity (Wildman–Crippen MR) is 92.7 cm³/mol. The van der Waals surface area contributed by atoms with Crippen LogP contribution in [0.25, 0.3) is 0 Å². The van der Waals surface area contributed by atoms with Crippen molar-refractivity contribution < 1.29 is 24.5 Å². The van der Waals surface area contributed by atoms with Crippen LogP contribution >= 0.6 is 0 Å². The fourth-order valence-corrected chi connectivity index (χ4v) is 4.19. The van der Waals surface area contributed by atoms with Crippen molar-refractivity contribution in [2.75, 3.05) is 26.4 Å². The summed E-state index contributed by atoms with van der Waals surface area (Å²) < 4.78 is 11.3. The van der Waals surface area contributed by atoms with E-state index in [-0.39, 0.29) is 11.8 Å². The molecule has 0 saturated carbocycles. The van der Waals surface area contributed by atoms with Gasteiger partial charge in [-0.2, -0.15) is 0 Å². The van der Waals surface area contributed by atoms with Crippen molar-refractivity contribution in [3.8, 4) is 0 Å². The first kappa shape index (κ1) is 20.4. The Hall–Kier alpha value is -0.920. The summed E-state index contributed by atoms with van der Waals surface area (Å²) in [5, 5.41) is 21.2. The number of hydrogen-bond acceptors (Lipinski definition) is 6. The Kier molecular flexibility index (Phi) is 9.50. The third-order valence-electron chi connectivity index (χ3n) is 5.46. The molecule has 4 unspecified atom stereocenters. The lowest BCUT2D eigenvalue weighted by atomic mass is 9.76. The summed E-state index contributed by atoms with van der Waals surface area (Å²) in [6, 6.07) is 0. The molecule has 1 N–H and O–H groups in total. The van der Waals surface area contributed by atoms with Crippen LogP contribution in [0.2, 0.25) is 0 Å². The van der Waals surface area contributed by atoms with Gasteiger partial charge < -0.3 is 19.4 Å². The number of fused-ring (bicyclic) bond motifs is 1. The highest BCUT2D eigenvalue weighted by Gasteiger charge is 2.35. The first-order valence-corrected chi connectivity index (χ1v) is 9.83. The van der Waals surface area contributed by atoms with Crippen LogP contribution in [0.4, 0.5) is 0 Å². The van der Waals surface area contributed by atoms with E-state index in [9.17, 15) is 15.2 Å². The quantitative estimate of drug-likeness (QED) is 0.602. The molecule has 0 amide bonds. The first-order valence-electron chi connectivity index (χ1n) is 9.83. The van der Waals surface area contributed by atoms with Gasteiger partial charge in [-0.15, -0.1) is 10.1 Å². The van der Waals surface area contributed by atoms with E-state index >= 15 is 0 Å². The topological polar surface area (TPSA) is 91.1 Å². The van der Waals surface area contributed by atoms with Gasteiger partial charge in [0.1, 0.15) is 6.10 Å². The van der Waals surface area contributed by atoms with Gasteiger partial charge >= 0.3 is 0 Å². The SMILES string of the molecule is O=[N+]([O-])OC1CCCCOCCCC2C(O)CCCCOCCCC12. The van der Waals surface area contributed by atoms with Gasteiger partial charge in [-0.05, 0) is 76.0 Å². The van der Waals surface area contributed by atoms with E-state index in [0.29, 0.717) is 26.2 Å².